The van der Waals surface area contributed by atoms with Gasteiger partial charge in [-0.3, -0.25) is 0 Å². The van der Waals surface area contributed by atoms with E-state index in [2.05, 4.69) is 91.9 Å². The fourth-order valence-electron chi connectivity index (χ4n) is 4.61. The summed E-state index contributed by atoms with van der Waals surface area (Å²) in [6.07, 6.45) is 2.25. The van der Waals surface area contributed by atoms with Crippen molar-refractivity contribution in [2.45, 2.75) is 19.6 Å². The van der Waals surface area contributed by atoms with Crippen molar-refractivity contribution in [3.8, 4) is 11.1 Å². The third-order valence-electron chi connectivity index (χ3n) is 5.88. The maximum absolute atomic E-state index is 2.33. The highest BCUT2D eigenvalue weighted by molar-refractivity contribution is 6.74. The van der Waals surface area contributed by atoms with Crippen LogP contribution in [0.25, 0.3) is 21.9 Å². The Bertz CT molecular complexity index is 1100. The molecule has 0 radical (unpaired) electrons. The van der Waals surface area contributed by atoms with Crippen molar-refractivity contribution < 1.29 is 0 Å². The van der Waals surface area contributed by atoms with Crippen LogP contribution in [0.1, 0.15) is 16.7 Å². The molecule has 1 aliphatic rings. The SMILES string of the molecule is Cc1ccc2cccc3c2c1CB(c1ccccc1-c1ccccc1)C3. The van der Waals surface area contributed by atoms with E-state index in [4.69, 9.17) is 0 Å². The molecule has 5 rings (SSSR count). The summed E-state index contributed by atoms with van der Waals surface area (Å²) < 4.78 is 0. The Labute approximate surface area is 155 Å². The van der Waals surface area contributed by atoms with Gasteiger partial charge in [0.25, 0.3) is 0 Å². The molecule has 1 heterocycles. The molecular formula is C25H21B. The average Bonchev–Trinajstić information content (AvgIpc) is 2.71. The summed E-state index contributed by atoms with van der Waals surface area (Å²) in [7, 11) is 0. The van der Waals surface area contributed by atoms with Gasteiger partial charge in [-0.1, -0.05) is 90.4 Å². The predicted octanol–water partition coefficient (Wildman–Crippen LogP) is 5.39. The van der Waals surface area contributed by atoms with Crippen LogP contribution in [-0.2, 0) is 12.6 Å². The summed E-state index contributed by atoms with van der Waals surface area (Å²) in [4.78, 5) is 0. The molecule has 4 aromatic rings. The lowest BCUT2D eigenvalue weighted by atomic mass is 9.36. The number of benzene rings is 4. The van der Waals surface area contributed by atoms with Crippen molar-refractivity contribution in [1.82, 2.24) is 0 Å². The van der Waals surface area contributed by atoms with Crippen molar-refractivity contribution in [1.29, 1.82) is 0 Å². The molecule has 0 unspecified atom stereocenters. The van der Waals surface area contributed by atoms with Crippen LogP contribution in [0, 0.1) is 6.92 Å². The first kappa shape index (κ1) is 15.5. The zero-order valence-electron chi connectivity index (χ0n) is 15.1. The van der Waals surface area contributed by atoms with Gasteiger partial charge in [0.2, 0.25) is 0 Å². The zero-order valence-corrected chi connectivity index (χ0v) is 15.1. The third-order valence-corrected chi connectivity index (χ3v) is 5.88. The maximum atomic E-state index is 2.33. The van der Waals surface area contributed by atoms with Crippen molar-refractivity contribution in [3.63, 3.8) is 0 Å². The first-order chi connectivity index (χ1) is 12.8. The largest absolute Gasteiger partial charge is 0.185 e. The predicted molar refractivity (Wildman–Crippen MR) is 113 cm³/mol. The molecule has 1 aliphatic heterocycles. The first-order valence-electron chi connectivity index (χ1n) is 9.46. The molecule has 0 atom stereocenters. The highest BCUT2D eigenvalue weighted by Gasteiger charge is 2.27. The van der Waals surface area contributed by atoms with E-state index in [-0.39, 0.29) is 0 Å². The maximum Gasteiger partial charge on any atom is 0.185 e. The molecule has 1 heteroatoms. The average molecular weight is 332 g/mol. The van der Waals surface area contributed by atoms with Gasteiger partial charge in [0.05, 0.1) is 0 Å². The molecule has 0 bridgehead atoms. The molecule has 0 N–H and O–H groups in total. The van der Waals surface area contributed by atoms with Crippen molar-refractivity contribution in [3.05, 3.63) is 102 Å². The molecule has 0 nitrogen and oxygen atoms in total. The Morgan fingerprint density at radius 3 is 2.38 bits per heavy atom. The van der Waals surface area contributed by atoms with Gasteiger partial charge in [-0.05, 0) is 58.2 Å². The van der Waals surface area contributed by atoms with Crippen LogP contribution >= 0.6 is 0 Å². The van der Waals surface area contributed by atoms with Gasteiger partial charge in [0.15, 0.2) is 6.71 Å². The Balaban J connectivity index is 1.65. The van der Waals surface area contributed by atoms with E-state index in [1.165, 1.54) is 44.1 Å². The van der Waals surface area contributed by atoms with Gasteiger partial charge < -0.3 is 0 Å². The van der Waals surface area contributed by atoms with E-state index >= 15 is 0 Å². The lowest BCUT2D eigenvalue weighted by Crippen LogP contribution is -2.39. The molecule has 0 fully saturated rings. The number of hydrogen-bond acceptors (Lipinski definition) is 0. The summed E-state index contributed by atoms with van der Waals surface area (Å²) in [6.45, 7) is 2.79. The van der Waals surface area contributed by atoms with E-state index in [9.17, 15) is 0 Å². The van der Waals surface area contributed by atoms with Crippen LogP contribution in [0.2, 0.25) is 0 Å². The van der Waals surface area contributed by atoms with Crippen LogP contribution in [0.4, 0.5) is 0 Å². The molecule has 0 aliphatic carbocycles. The first-order valence-corrected chi connectivity index (χ1v) is 9.46. The van der Waals surface area contributed by atoms with Gasteiger partial charge in [0.1, 0.15) is 0 Å². The fraction of sp³-hybridized carbons (Fsp3) is 0.120. The van der Waals surface area contributed by atoms with Crippen molar-refractivity contribution in [2.24, 2.45) is 0 Å². The van der Waals surface area contributed by atoms with Crippen molar-refractivity contribution >= 4 is 22.9 Å². The third kappa shape index (κ3) is 2.47. The minimum Gasteiger partial charge on any atom is -0.0717 e. The Kier molecular flexibility index (Phi) is 3.67. The van der Waals surface area contributed by atoms with Gasteiger partial charge in [-0.25, -0.2) is 0 Å². The monoisotopic (exact) mass is 332 g/mol. The van der Waals surface area contributed by atoms with Crippen LogP contribution in [-0.4, -0.2) is 6.71 Å². The second-order valence-electron chi connectivity index (χ2n) is 7.43. The van der Waals surface area contributed by atoms with Gasteiger partial charge in [0, 0.05) is 0 Å². The minimum absolute atomic E-state index is 0.533. The number of hydrogen-bond donors (Lipinski definition) is 0. The van der Waals surface area contributed by atoms with Gasteiger partial charge in [-0.15, -0.1) is 0 Å². The highest BCUT2D eigenvalue weighted by Crippen LogP contribution is 2.32. The summed E-state index contributed by atoms with van der Waals surface area (Å²) in [6, 6.07) is 31.1. The van der Waals surface area contributed by atoms with E-state index in [0.29, 0.717) is 6.71 Å². The van der Waals surface area contributed by atoms with Crippen LogP contribution in [0.15, 0.2) is 84.9 Å². The molecule has 0 saturated carbocycles. The standard InChI is InChI=1S/C25H21B/c1-18-14-15-20-10-7-11-21-16-26(17-23(18)25(20)21)24-13-6-5-12-22(24)19-8-3-2-4-9-19/h2-15H,16-17H2,1H3. The zero-order chi connectivity index (χ0) is 17.5. The van der Waals surface area contributed by atoms with E-state index < -0.39 is 0 Å². The Morgan fingerprint density at radius 1 is 0.692 bits per heavy atom. The van der Waals surface area contributed by atoms with Gasteiger partial charge >= 0.3 is 0 Å². The van der Waals surface area contributed by atoms with E-state index in [1.54, 1.807) is 0 Å². The summed E-state index contributed by atoms with van der Waals surface area (Å²) >= 11 is 0. The van der Waals surface area contributed by atoms with Crippen LogP contribution in [0.5, 0.6) is 0 Å². The number of rotatable bonds is 2. The second-order valence-corrected chi connectivity index (χ2v) is 7.43. The topological polar surface area (TPSA) is 0 Å². The second kappa shape index (κ2) is 6.18. The summed E-state index contributed by atoms with van der Waals surface area (Å²) in [5, 5.41) is 2.89. The van der Waals surface area contributed by atoms with Crippen molar-refractivity contribution in [2.75, 3.05) is 0 Å². The highest BCUT2D eigenvalue weighted by atomic mass is 14.2. The van der Waals surface area contributed by atoms with Crippen LogP contribution < -0.4 is 5.46 Å². The quantitative estimate of drug-likeness (QED) is 0.432. The lowest BCUT2D eigenvalue weighted by molar-refractivity contribution is 1.22. The van der Waals surface area contributed by atoms with Crippen LogP contribution in [0.3, 0.4) is 0 Å². The Morgan fingerprint density at radius 2 is 1.50 bits per heavy atom. The smallest absolute Gasteiger partial charge is 0.0717 e. The van der Waals surface area contributed by atoms with E-state index in [0.717, 1.165) is 12.6 Å². The molecule has 0 aromatic heterocycles. The normalized spacial score (nSPS) is 13.2. The van der Waals surface area contributed by atoms with Gasteiger partial charge in [-0.2, -0.15) is 0 Å². The molecule has 0 saturated heterocycles. The molecule has 4 aromatic carbocycles. The Hall–Kier alpha value is -2.80. The summed E-state index contributed by atoms with van der Waals surface area (Å²) in [5.74, 6) is 0. The molecular weight excluding hydrogens is 311 g/mol. The van der Waals surface area contributed by atoms with E-state index in [1.807, 2.05) is 0 Å². The minimum atomic E-state index is 0.533. The molecule has 0 spiro atoms. The molecule has 26 heavy (non-hydrogen) atoms. The molecule has 124 valence electrons. The number of aryl methyl sites for hydroxylation is 1. The fourth-order valence-corrected chi connectivity index (χ4v) is 4.61. The summed E-state index contributed by atoms with van der Waals surface area (Å²) in [5.41, 5.74) is 8.63. The molecule has 0 amide bonds. The lowest BCUT2D eigenvalue weighted by Gasteiger charge is -2.26.